The van der Waals surface area contributed by atoms with Gasteiger partial charge in [-0.15, -0.1) is 0 Å². The van der Waals surface area contributed by atoms with E-state index in [9.17, 15) is 18.0 Å². The van der Waals surface area contributed by atoms with E-state index >= 15 is 0 Å². The van der Waals surface area contributed by atoms with Crippen LogP contribution in [0.2, 0.25) is 0 Å². The molecule has 0 bridgehead atoms. The normalized spacial score (nSPS) is 18.1. The number of aryl methyl sites for hydroxylation is 2. The van der Waals surface area contributed by atoms with Crippen LogP contribution in [0.5, 0.6) is 0 Å². The Bertz CT molecular complexity index is 843. The zero-order valence-corrected chi connectivity index (χ0v) is 14.5. The molecule has 0 aliphatic carbocycles. The molecule has 1 spiro atoms. The van der Waals surface area contributed by atoms with Gasteiger partial charge in [0.05, 0.1) is 29.9 Å². The number of rotatable bonds is 4. The topological polar surface area (TPSA) is 55.3 Å². The minimum atomic E-state index is -4.35. The summed E-state index contributed by atoms with van der Waals surface area (Å²) in [6.07, 6.45) is 0.370. The third kappa shape index (κ3) is 3.41. The summed E-state index contributed by atoms with van der Waals surface area (Å²) >= 11 is 0. The maximum atomic E-state index is 12.8. The van der Waals surface area contributed by atoms with Crippen molar-refractivity contribution in [2.75, 3.05) is 19.8 Å². The van der Waals surface area contributed by atoms with Gasteiger partial charge in [-0.1, -0.05) is 18.2 Å². The fraction of sp³-hybridized carbons (Fsp3) is 0.421. The second-order valence-electron chi connectivity index (χ2n) is 7.01. The van der Waals surface area contributed by atoms with Gasteiger partial charge in [-0.25, -0.2) is 9.97 Å². The minimum Gasteiger partial charge on any atom is -0.376 e. The number of alkyl halides is 3. The average molecular weight is 377 g/mol. The van der Waals surface area contributed by atoms with Crippen LogP contribution in [0.3, 0.4) is 0 Å². The lowest BCUT2D eigenvalue weighted by Gasteiger charge is -2.57. The second kappa shape index (κ2) is 6.60. The number of hydrogen-bond acceptors (Lipinski definition) is 4. The summed E-state index contributed by atoms with van der Waals surface area (Å²) < 4.78 is 43.5. The summed E-state index contributed by atoms with van der Waals surface area (Å²) in [7, 11) is 0. The fourth-order valence-corrected chi connectivity index (χ4v) is 3.40. The number of aromatic nitrogens is 2. The first-order valence-corrected chi connectivity index (χ1v) is 8.74. The molecule has 1 aromatic heterocycles. The van der Waals surface area contributed by atoms with Gasteiger partial charge < -0.3 is 9.64 Å². The lowest BCUT2D eigenvalue weighted by atomic mass is 9.82. The van der Waals surface area contributed by atoms with Crippen molar-refractivity contribution < 1.29 is 22.7 Å². The average Bonchev–Trinajstić information content (AvgIpc) is 2.58. The van der Waals surface area contributed by atoms with E-state index in [0.717, 1.165) is 18.6 Å². The smallest absolute Gasteiger partial charge is 0.376 e. The highest BCUT2D eigenvalue weighted by atomic mass is 19.4. The molecule has 3 heterocycles. The Morgan fingerprint density at radius 3 is 2.48 bits per heavy atom. The first kappa shape index (κ1) is 17.9. The van der Waals surface area contributed by atoms with Gasteiger partial charge in [-0.05, 0) is 24.5 Å². The third-order valence-electron chi connectivity index (χ3n) is 5.20. The number of amides is 1. The van der Waals surface area contributed by atoms with E-state index in [1.807, 2.05) is 0 Å². The van der Waals surface area contributed by atoms with Gasteiger partial charge in [-0.3, -0.25) is 4.79 Å². The Balaban J connectivity index is 1.38. The Labute approximate surface area is 154 Å². The van der Waals surface area contributed by atoms with Gasteiger partial charge >= 0.3 is 6.18 Å². The predicted octanol–water partition coefficient (Wildman–Crippen LogP) is 2.90. The van der Waals surface area contributed by atoms with E-state index in [2.05, 4.69) is 9.97 Å². The summed E-state index contributed by atoms with van der Waals surface area (Å²) in [5, 5.41) is 0. The van der Waals surface area contributed by atoms with Gasteiger partial charge in [0.2, 0.25) is 0 Å². The molecule has 0 N–H and O–H groups in total. The molecule has 0 radical (unpaired) electrons. The van der Waals surface area contributed by atoms with Crippen LogP contribution in [0.4, 0.5) is 13.2 Å². The number of nitrogens with zero attached hydrogens (tertiary/aromatic N) is 3. The molecule has 2 saturated heterocycles. The Hall–Kier alpha value is -2.48. The van der Waals surface area contributed by atoms with E-state index in [1.54, 1.807) is 11.0 Å². The highest BCUT2D eigenvalue weighted by Crippen LogP contribution is 2.38. The minimum absolute atomic E-state index is 0.103. The zero-order valence-electron chi connectivity index (χ0n) is 14.5. The van der Waals surface area contributed by atoms with Crippen molar-refractivity contribution in [1.82, 2.24) is 14.9 Å². The lowest BCUT2D eigenvalue weighted by molar-refractivity contribution is -0.172. The van der Waals surface area contributed by atoms with Gasteiger partial charge in [0.15, 0.2) is 0 Å². The van der Waals surface area contributed by atoms with Crippen molar-refractivity contribution >= 4 is 5.91 Å². The number of carbonyl (C=O) groups is 1. The number of carbonyl (C=O) groups excluding carboxylic acids is 1. The Morgan fingerprint density at radius 2 is 1.93 bits per heavy atom. The van der Waals surface area contributed by atoms with Crippen LogP contribution < -0.4 is 0 Å². The molecule has 1 amide bonds. The molecule has 8 heteroatoms. The van der Waals surface area contributed by atoms with Crippen LogP contribution >= 0.6 is 0 Å². The van der Waals surface area contributed by atoms with Crippen molar-refractivity contribution in [1.29, 1.82) is 0 Å². The molecule has 2 aromatic rings. The largest absolute Gasteiger partial charge is 0.416 e. The highest BCUT2D eigenvalue weighted by molar-refractivity contribution is 5.94. The highest BCUT2D eigenvalue weighted by Gasteiger charge is 2.53. The monoisotopic (exact) mass is 377 g/mol. The Kier molecular flexibility index (Phi) is 4.38. The van der Waals surface area contributed by atoms with E-state index in [-0.39, 0.29) is 11.4 Å². The fourth-order valence-electron chi connectivity index (χ4n) is 3.40. The molecule has 5 nitrogen and oxygen atoms in total. The SMILES string of the molecule is O=C(c1cnc(CCc2cccc(C(F)(F)F)c2)nc1)N1CCC12COC2. The molecule has 0 unspecified atom stereocenters. The molecule has 2 aliphatic heterocycles. The molecule has 0 atom stereocenters. The molecule has 0 saturated carbocycles. The first-order chi connectivity index (χ1) is 12.9. The quantitative estimate of drug-likeness (QED) is 0.822. The summed E-state index contributed by atoms with van der Waals surface area (Å²) in [5.74, 6) is 0.392. The number of halogens is 3. The van der Waals surface area contributed by atoms with E-state index in [1.165, 1.54) is 18.5 Å². The number of hydrogen-bond donors (Lipinski definition) is 0. The van der Waals surface area contributed by atoms with E-state index in [4.69, 9.17) is 4.74 Å². The van der Waals surface area contributed by atoms with Crippen molar-refractivity contribution in [2.24, 2.45) is 0 Å². The van der Waals surface area contributed by atoms with Crippen molar-refractivity contribution in [3.05, 3.63) is 59.2 Å². The zero-order chi connectivity index (χ0) is 19.1. The molecule has 2 aliphatic rings. The molecule has 27 heavy (non-hydrogen) atoms. The number of benzene rings is 1. The van der Waals surface area contributed by atoms with Crippen molar-refractivity contribution in [2.45, 2.75) is 31.0 Å². The summed E-state index contributed by atoms with van der Waals surface area (Å²) in [5.41, 5.74) is 0.189. The molecular weight excluding hydrogens is 359 g/mol. The van der Waals surface area contributed by atoms with Gasteiger partial charge in [0, 0.05) is 25.4 Å². The number of likely N-dealkylation sites (tertiary alicyclic amines) is 1. The maximum absolute atomic E-state index is 12.8. The van der Waals surface area contributed by atoms with Gasteiger partial charge in [0.25, 0.3) is 5.91 Å². The van der Waals surface area contributed by atoms with Crippen LogP contribution in [0.25, 0.3) is 0 Å². The predicted molar refractivity (Wildman–Crippen MR) is 90.1 cm³/mol. The first-order valence-electron chi connectivity index (χ1n) is 8.74. The second-order valence-corrected chi connectivity index (χ2v) is 7.01. The molecule has 142 valence electrons. The molecule has 2 fully saturated rings. The molecular formula is C19H18F3N3O2. The summed E-state index contributed by atoms with van der Waals surface area (Å²) in [6.45, 7) is 1.86. The van der Waals surface area contributed by atoms with Gasteiger partial charge in [0.1, 0.15) is 5.82 Å². The lowest BCUT2D eigenvalue weighted by Crippen LogP contribution is -2.72. The van der Waals surface area contributed by atoms with Crippen molar-refractivity contribution in [3.63, 3.8) is 0 Å². The maximum Gasteiger partial charge on any atom is 0.416 e. The van der Waals surface area contributed by atoms with Crippen LogP contribution in [0, 0.1) is 0 Å². The van der Waals surface area contributed by atoms with E-state index in [0.29, 0.717) is 49.6 Å². The molecule has 1 aromatic carbocycles. The number of ether oxygens (including phenoxy) is 1. The van der Waals surface area contributed by atoms with Crippen LogP contribution in [-0.4, -0.2) is 46.1 Å². The Morgan fingerprint density at radius 1 is 1.19 bits per heavy atom. The van der Waals surface area contributed by atoms with Crippen LogP contribution in [0.15, 0.2) is 36.7 Å². The third-order valence-corrected chi connectivity index (χ3v) is 5.20. The summed E-state index contributed by atoms with van der Waals surface area (Å²) in [6, 6.07) is 5.24. The van der Waals surface area contributed by atoms with E-state index < -0.39 is 11.7 Å². The van der Waals surface area contributed by atoms with Crippen molar-refractivity contribution in [3.8, 4) is 0 Å². The summed E-state index contributed by atoms with van der Waals surface area (Å²) in [4.78, 5) is 22.8. The van der Waals surface area contributed by atoms with Gasteiger partial charge in [-0.2, -0.15) is 13.2 Å². The van der Waals surface area contributed by atoms with Crippen LogP contribution in [-0.2, 0) is 23.8 Å². The van der Waals surface area contributed by atoms with Crippen LogP contribution in [0.1, 0.15) is 33.7 Å². The molecule has 4 rings (SSSR count). The standard InChI is InChI=1S/C19H18F3N3O2/c20-19(21,22)15-3-1-2-13(8-15)4-5-16-23-9-14(10-24-16)17(26)25-7-6-18(25)11-27-12-18/h1-3,8-10H,4-7,11-12H2.